The highest BCUT2D eigenvalue weighted by Crippen LogP contribution is 2.21. The molecule has 0 atom stereocenters. The molecule has 0 spiro atoms. The van der Waals surface area contributed by atoms with Crippen LogP contribution in [0.2, 0.25) is 0 Å². The number of hydrogen-bond donors (Lipinski definition) is 1. The maximum Gasteiger partial charge on any atom is 0.0641 e. The van der Waals surface area contributed by atoms with Gasteiger partial charge in [0.1, 0.15) is 0 Å². The normalized spacial score (nSPS) is 12.1. The van der Waals surface area contributed by atoms with Gasteiger partial charge in [0.15, 0.2) is 0 Å². The molecule has 0 unspecified atom stereocenters. The third kappa shape index (κ3) is 4.15. The van der Waals surface area contributed by atoms with E-state index in [1.165, 1.54) is 11.3 Å². The van der Waals surface area contributed by atoms with Gasteiger partial charge in [-0.15, -0.1) is 0 Å². The predicted octanol–water partition coefficient (Wildman–Crippen LogP) is 3.05. The fourth-order valence-electron chi connectivity index (χ4n) is 1.90. The van der Waals surface area contributed by atoms with E-state index in [1.54, 1.807) is 0 Å². The van der Waals surface area contributed by atoms with E-state index in [-0.39, 0.29) is 0 Å². The number of rotatable bonds is 5. The molecule has 0 aliphatic heterocycles. The second kappa shape index (κ2) is 5.67. The third-order valence-electron chi connectivity index (χ3n) is 3.16. The maximum atomic E-state index is 4.64. The molecule has 1 heterocycles. The zero-order valence-electron chi connectivity index (χ0n) is 12.2. The minimum atomic E-state index is 0.369. The van der Waals surface area contributed by atoms with Gasteiger partial charge in [-0.05, 0) is 32.2 Å². The first kappa shape index (κ1) is 14.2. The highest BCUT2D eigenvalue weighted by molar-refractivity contribution is 5.24. The van der Waals surface area contributed by atoms with E-state index in [2.05, 4.69) is 56.6 Å². The smallest absolute Gasteiger partial charge is 0.0641 e. The molecule has 0 aliphatic rings. The lowest BCUT2D eigenvalue weighted by atomic mass is 9.92. The lowest BCUT2D eigenvalue weighted by molar-refractivity contribution is 0.338. The van der Waals surface area contributed by atoms with Crippen molar-refractivity contribution in [3.05, 3.63) is 17.0 Å². The zero-order chi connectivity index (χ0) is 13.1. The van der Waals surface area contributed by atoms with Crippen molar-refractivity contribution in [3.8, 4) is 0 Å². The Labute approximate surface area is 106 Å². The van der Waals surface area contributed by atoms with E-state index in [0.29, 0.717) is 5.41 Å². The average Bonchev–Trinajstić information content (AvgIpc) is 2.48. The molecular weight excluding hydrogens is 210 g/mol. The summed E-state index contributed by atoms with van der Waals surface area (Å²) in [5.74, 6) is 0. The van der Waals surface area contributed by atoms with Crippen molar-refractivity contribution in [2.24, 2.45) is 5.41 Å². The van der Waals surface area contributed by atoms with Gasteiger partial charge in [-0.2, -0.15) is 5.10 Å². The average molecular weight is 237 g/mol. The molecule has 0 aromatic carbocycles. The van der Waals surface area contributed by atoms with Gasteiger partial charge in [0, 0.05) is 24.3 Å². The van der Waals surface area contributed by atoms with Crippen molar-refractivity contribution in [1.82, 2.24) is 15.1 Å². The quantitative estimate of drug-likeness (QED) is 0.853. The van der Waals surface area contributed by atoms with Crippen LogP contribution in [-0.4, -0.2) is 16.3 Å². The van der Waals surface area contributed by atoms with Gasteiger partial charge in [0.2, 0.25) is 0 Å². The van der Waals surface area contributed by atoms with Crippen molar-refractivity contribution < 1.29 is 0 Å². The van der Waals surface area contributed by atoms with E-state index in [4.69, 9.17) is 0 Å². The topological polar surface area (TPSA) is 29.9 Å². The lowest BCUT2D eigenvalue weighted by Crippen LogP contribution is -2.14. The van der Waals surface area contributed by atoms with Gasteiger partial charge >= 0.3 is 0 Å². The summed E-state index contributed by atoms with van der Waals surface area (Å²) in [6.07, 6.45) is 1.16. The lowest BCUT2D eigenvalue weighted by Gasteiger charge is -2.18. The van der Waals surface area contributed by atoms with Gasteiger partial charge in [-0.1, -0.05) is 27.7 Å². The van der Waals surface area contributed by atoms with Gasteiger partial charge in [0.05, 0.1) is 5.69 Å². The molecule has 0 amide bonds. The number of aryl methyl sites for hydroxylation is 2. The molecule has 1 aromatic rings. The van der Waals surface area contributed by atoms with E-state index >= 15 is 0 Å². The summed E-state index contributed by atoms with van der Waals surface area (Å²) < 4.78 is 2.16. The number of nitrogens with zero attached hydrogens (tertiary/aromatic N) is 2. The molecule has 0 aliphatic carbocycles. The van der Waals surface area contributed by atoms with Crippen LogP contribution in [0.1, 0.15) is 51.1 Å². The summed E-state index contributed by atoms with van der Waals surface area (Å²) in [4.78, 5) is 0. The van der Waals surface area contributed by atoms with Crippen molar-refractivity contribution in [2.75, 3.05) is 6.54 Å². The zero-order valence-corrected chi connectivity index (χ0v) is 12.2. The van der Waals surface area contributed by atoms with Gasteiger partial charge in [-0.3, -0.25) is 4.68 Å². The van der Waals surface area contributed by atoms with Crippen LogP contribution in [0.3, 0.4) is 0 Å². The van der Waals surface area contributed by atoms with E-state index in [0.717, 1.165) is 31.7 Å². The minimum Gasteiger partial charge on any atom is -0.313 e. The van der Waals surface area contributed by atoms with Crippen LogP contribution in [0.15, 0.2) is 0 Å². The fraction of sp³-hybridized carbons (Fsp3) is 0.786. The summed E-state index contributed by atoms with van der Waals surface area (Å²) >= 11 is 0. The van der Waals surface area contributed by atoms with Crippen LogP contribution in [0.25, 0.3) is 0 Å². The molecule has 1 aromatic heterocycles. The standard InChI is InChI=1S/C14H27N3/c1-7-15-10-13-11(2)16-17(12(13)3)9-8-14(4,5)6/h15H,7-10H2,1-6H3. The van der Waals surface area contributed by atoms with Crippen LogP contribution in [-0.2, 0) is 13.1 Å². The second-order valence-electron chi connectivity index (χ2n) is 5.96. The largest absolute Gasteiger partial charge is 0.313 e. The van der Waals surface area contributed by atoms with Gasteiger partial charge < -0.3 is 5.32 Å². The highest BCUT2D eigenvalue weighted by atomic mass is 15.3. The third-order valence-corrected chi connectivity index (χ3v) is 3.16. The predicted molar refractivity (Wildman–Crippen MR) is 73.2 cm³/mol. The molecule has 3 heteroatoms. The molecular formula is C14H27N3. The van der Waals surface area contributed by atoms with Gasteiger partial charge in [0.25, 0.3) is 0 Å². The molecule has 98 valence electrons. The Morgan fingerprint density at radius 2 is 1.88 bits per heavy atom. The summed E-state index contributed by atoms with van der Waals surface area (Å²) in [5.41, 5.74) is 4.21. The minimum absolute atomic E-state index is 0.369. The molecule has 0 saturated carbocycles. The summed E-state index contributed by atoms with van der Waals surface area (Å²) in [6.45, 7) is 16.2. The second-order valence-corrected chi connectivity index (χ2v) is 5.96. The molecule has 1 N–H and O–H groups in total. The molecule has 0 fully saturated rings. The number of nitrogens with one attached hydrogen (secondary N) is 1. The van der Waals surface area contributed by atoms with Crippen molar-refractivity contribution >= 4 is 0 Å². The SMILES string of the molecule is CCNCc1c(C)nn(CCC(C)(C)C)c1C. The Morgan fingerprint density at radius 1 is 1.24 bits per heavy atom. The maximum absolute atomic E-state index is 4.64. The van der Waals surface area contributed by atoms with Crippen molar-refractivity contribution in [1.29, 1.82) is 0 Å². The molecule has 17 heavy (non-hydrogen) atoms. The van der Waals surface area contributed by atoms with Crippen LogP contribution in [0.4, 0.5) is 0 Å². The first-order valence-corrected chi connectivity index (χ1v) is 6.58. The van der Waals surface area contributed by atoms with Crippen LogP contribution in [0.5, 0.6) is 0 Å². The Balaban J connectivity index is 2.74. The fourth-order valence-corrected chi connectivity index (χ4v) is 1.90. The Bertz CT molecular complexity index is 358. The molecule has 3 nitrogen and oxygen atoms in total. The molecule has 0 bridgehead atoms. The molecule has 0 saturated heterocycles. The van der Waals surface area contributed by atoms with Crippen LogP contribution in [0, 0.1) is 19.3 Å². The Hall–Kier alpha value is -0.830. The highest BCUT2D eigenvalue weighted by Gasteiger charge is 2.14. The summed E-state index contributed by atoms with van der Waals surface area (Å²) in [7, 11) is 0. The first-order valence-electron chi connectivity index (χ1n) is 6.58. The van der Waals surface area contributed by atoms with Gasteiger partial charge in [-0.25, -0.2) is 0 Å². The summed E-state index contributed by atoms with van der Waals surface area (Å²) in [5, 5.41) is 8.02. The van der Waals surface area contributed by atoms with Crippen molar-refractivity contribution in [3.63, 3.8) is 0 Å². The first-order chi connectivity index (χ1) is 7.85. The Morgan fingerprint density at radius 3 is 2.41 bits per heavy atom. The summed E-state index contributed by atoms with van der Waals surface area (Å²) in [6, 6.07) is 0. The van der Waals surface area contributed by atoms with Crippen LogP contribution < -0.4 is 5.32 Å². The Kier molecular flexibility index (Phi) is 4.75. The van der Waals surface area contributed by atoms with E-state index in [9.17, 15) is 0 Å². The van der Waals surface area contributed by atoms with Crippen molar-refractivity contribution in [2.45, 2.75) is 61.1 Å². The van der Waals surface area contributed by atoms with E-state index < -0.39 is 0 Å². The van der Waals surface area contributed by atoms with Crippen LogP contribution >= 0.6 is 0 Å². The number of aromatic nitrogens is 2. The molecule has 1 rings (SSSR count). The number of hydrogen-bond acceptors (Lipinski definition) is 2. The monoisotopic (exact) mass is 237 g/mol. The molecule has 0 radical (unpaired) electrons. The van der Waals surface area contributed by atoms with E-state index in [1.807, 2.05) is 0 Å².